The molecule has 1 aliphatic carbocycles. The first-order valence-corrected chi connectivity index (χ1v) is 9.01. The van der Waals surface area contributed by atoms with Crippen LogP contribution in [-0.2, 0) is 17.6 Å². The number of benzene rings is 1. The molecule has 5 nitrogen and oxygen atoms in total. The number of hydrogen-bond acceptors (Lipinski definition) is 4. The van der Waals surface area contributed by atoms with Crippen LogP contribution in [0.15, 0.2) is 36.5 Å². The number of amides is 1. The first-order chi connectivity index (χ1) is 12.3. The maximum absolute atomic E-state index is 12.5. The summed E-state index contributed by atoms with van der Waals surface area (Å²) in [5.74, 6) is 0.486. The number of aromatic nitrogens is 1. The van der Waals surface area contributed by atoms with Gasteiger partial charge in [-0.05, 0) is 61.1 Å². The molecule has 4 rings (SSSR count). The van der Waals surface area contributed by atoms with E-state index in [4.69, 9.17) is 4.74 Å². The number of carbonyl (C=O) groups is 1. The quantitative estimate of drug-likeness (QED) is 0.935. The lowest BCUT2D eigenvalue weighted by molar-refractivity contribution is 0.102. The predicted octanol–water partition coefficient (Wildman–Crippen LogP) is 3.05. The van der Waals surface area contributed by atoms with Gasteiger partial charge in [0.2, 0.25) is 0 Å². The van der Waals surface area contributed by atoms with E-state index in [1.807, 2.05) is 30.5 Å². The summed E-state index contributed by atoms with van der Waals surface area (Å²) in [4.78, 5) is 19.1. The number of hydrogen-bond donors (Lipinski definition) is 1. The van der Waals surface area contributed by atoms with Gasteiger partial charge in [0.25, 0.3) is 5.91 Å². The first kappa shape index (κ1) is 16.1. The zero-order valence-corrected chi connectivity index (χ0v) is 14.3. The van der Waals surface area contributed by atoms with Crippen molar-refractivity contribution in [1.82, 2.24) is 4.98 Å². The van der Waals surface area contributed by atoms with Crippen LogP contribution in [0.1, 0.15) is 34.3 Å². The van der Waals surface area contributed by atoms with Crippen molar-refractivity contribution in [2.24, 2.45) is 0 Å². The van der Waals surface area contributed by atoms with Crippen molar-refractivity contribution in [3.63, 3.8) is 0 Å². The lowest BCUT2D eigenvalue weighted by Crippen LogP contribution is -2.36. The van der Waals surface area contributed by atoms with Crippen LogP contribution >= 0.6 is 0 Å². The largest absolute Gasteiger partial charge is 0.378 e. The minimum Gasteiger partial charge on any atom is -0.378 e. The Morgan fingerprint density at radius 1 is 1.04 bits per heavy atom. The van der Waals surface area contributed by atoms with Crippen LogP contribution in [0, 0.1) is 0 Å². The van der Waals surface area contributed by atoms with Crippen molar-refractivity contribution in [2.75, 3.05) is 36.5 Å². The monoisotopic (exact) mass is 337 g/mol. The average molecular weight is 337 g/mol. The zero-order chi connectivity index (χ0) is 17.1. The van der Waals surface area contributed by atoms with Crippen molar-refractivity contribution in [3.8, 4) is 0 Å². The van der Waals surface area contributed by atoms with E-state index in [9.17, 15) is 4.79 Å². The number of nitrogens with one attached hydrogen (secondary N) is 1. The zero-order valence-electron chi connectivity index (χ0n) is 14.3. The summed E-state index contributed by atoms with van der Waals surface area (Å²) in [6.45, 7) is 3.25. The van der Waals surface area contributed by atoms with Crippen molar-refractivity contribution in [3.05, 3.63) is 53.2 Å². The molecule has 0 radical (unpaired) electrons. The third-order valence-electron chi connectivity index (χ3n) is 4.98. The van der Waals surface area contributed by atoms with Gasteiger partial charge in [-0.15, -0.1) is 0 Å². The van der Waals surface area contributed by atoms with E-state index >= 15 is 0 Å². The highest BCUT2D eigenvalue weighted by Crippen LogP contribution is 2.23. The van der Waals surface area contributed by atoms with Gasteiger partial charge in [-0.1, -0.05) is 6.07 Å². The molecule has 0 unspecified atom stereocenters. The highest BCUT2D eigenvalue weighted by molar-refractivity contribution is 6.04. The van der Waals surface area contributed by atoms with Gasteiger partial charge in [-0.2, -0.15) is 0 Å². The minimum atomic E-state index is -0.0972. The summed E-state index contributed by atoms with van der Waals surface area (Å²) in [7, 11) is 0. The van der Waals surface area contributed by atoms with E-state index in [1.165, 1.54) is 24.0 Å². The lowest BCUT2D eigenvalue weighted by atomic mass is 9.90. The molecule has 2 heterocycles. The number of ether oxygens (including phenoxy) is 1. The average Bonchev–Trinajstić information content (AvgIpc) is 2.69. The SMILES string of the molecule is O=C(Nc1ccc(N2CCOCC2)cn1)c1ccc2c(c1)CCCC2. The molecule has 1 aliphatic heterocycles. The number of aryl methyl sites for hydroxylation is 2. The Hall–Kier alpha value is -2.40. The number of fused-ring (bicyclic) bond motifs is 1. The second kappa shape index (κ2) is 7.23. The Morgan fingerprint density at radius 3 is 2.60 bits per heavy atom. The molecule has 0 spiro atoms. The van der Waals surface area contributed by atoms with Crippen LogP contribution in [-0.4, -0.2) is 37.2 Å². The molecule has 1 amide bonds. The van der Waals surface area contributed by atoms with Crippen LogP contribution in [0.5, 0.6) is 0 Å². The van der Waals surface area contributed by atoms with Crippen LogP contribution in [0.25, 0.3) is 0 Å². The molecule has 1 saturated heterocycles. The van der Waals surface area contributed by atoms with E-state index in [2.05, 4.69) is 21.3 Å². The third-order valence-corrected chi connectivity index (χ3v) is 4.98. The van der Waals surface area contributed by atoms with Gasteiger partial charge < -0.3 is 15.0 Å². The molecule has 1 aromatic carbocycles. The second-order valence-corrected chi connectivity index (χ2v) is 6.65. The topological polar surface area (TPSA) is 54.5 Å². The molecule has 0 atom stereocenters. The van der Waals surface area contributed by atoms with E-state index in [0.29, 0.717) is 11.4 Å². The molecular formula is C20H23N3O2. The Morgan fingerprint density at radius 2 is 1.84 bits per heavy atom. The molecule has 1 aromatic heterocycles. The van der Waals surface area contributed by atoms with Gasteiger partial charge in [-0.3, -0.25) is 4.79 Å². The van der Waals surface area contributed by atoms with Gasteiger partial charge in [0, 0.05) is 18.7 Å². The summed E-state index contributed by atoms with van der Waals surface area (Å²) in [6.07, 6.45) is 6.47. The molecule has 0 saturated carbocycles. The summed E-state index contributed by atoms with van der Waals surface area (Å²) in [5.41, 5.74) is 4.47. The standard InChI is InChI=1S/C20H23N3O2/c24-20(17-6-5-15-3-1-2-4-16(15)13-17)22-19-8-7-18(14-21-19)23-9-11-25-12-10-23/h5-8,13-14H,1-4,9-12H2,(H,21,22,24). The van der Waals surface area contributed by atoms with Gasteiger partial charge in [0.15, 0.2) is 0 Å². The predicted molar refractivity (Wildman–Crippen MR) is 98.3 cm³/mol. The summed E-state index contributed by atoms with van der Waals surface area (Å²) in [5, 5.41) is 2.90. The normalized spacial score (nSPS) is 17.0. The maximum Gasteiger partial charge on any atom is 0.256 e. The number of anilines is 2. The van der Waals surface area contributed by atoms with Crippen molar-refractivity contribution in [1.29, 1.82) is 0 Å². The highest BCUT2D eigenvalue weighted by Gasteiger charge is 2.14. The van der Waals surface area contributed by atoms with Crippen LogP contribution < -0.4 is 10.2 Å². The Balaban J connectivity index is 1.43. The molecular weight excluding hydrogens is 314 g/mol. The van der Waals surface area contributed by atoms with Crippen LogP contribution in [0.3, 0.4) is 0 Å². The molecule has 0 bridgehead atoms. The summed E-state index contributed by atoms with van der Waals surface area (Å²) in [6, 6.07) is 9.91. The van der Waals surface area contributed by atoms with E-state index in [0.717, 1.165) is 44.8 Å². The number of carbonyl (C=O) groups excluding carboxylic acids is 1. The van der Waals surface area contributed by atoms with Crippen LogP contribution in [0.4, 0.5) is 11.5 Å². The second-order valence-electron chi connectivity index (χ2n) is 6.65. The van der Waals surface area contributed by atoms with Gasteiger partial charge in [0.05, 0.1) is 25.1 Å². The van der Waals surface area contributed by atoms with Crippen molar-refractivity contribution >= 4 is 17.4 Å². The highest BCUT2D eigenvalue weighted by atomic mass is 16.5. The van der Waals surface area contributed by atoms with E-state index in [-0.39, 0.29) is 5.91 Å². The first-order valence-electron chi connectivity index (χ1n) is 9.01. The maximum atomic E-state index is 12.5. The fourth-order valence-corrected chi connectivity index (χ4v) is 3.53. The van der Waals surface area contributed by atoms with Crippen molar-refractivity contribution in [2.45, 2.75) is 25.7 Å². The van der Waals surface area contributed by atoms with Gasteiger partial charge in [0.1, 0.15) is 5.82 Å². The van der Waals surface area contributed by atoms with Crippen molar-refractivity contribution < 1.29 is 9.53 Å². The Kier molecular flexibility index (Phi) is 4.65. The van der Waals surface area contributed by atoms with E-state index < -0.39 is 0 Å². The number of nitrogens with zero attached hydrogens (tertiary/aromatic N) is 2. The molecule has 2 aliphatic rings. The number of morpholine rings is 1. The number of rotatable bonds is 3. The molecule has 130 valence electrons. The Labute approximate surface area is 148 Å². The molecule has 1 fully saturated rings. The molecule has 2 aromatic rings. The van der Waals surface area contributed by atoms with E-state index in [1.54, 1.807) is 0 Å². The number of pyridine rings is 1. The smallest absolute Gasteiger partial charge is 0.256 e. The molecule has 25 heavy (non-hydrogen) atoms. The Bertz CT molecular complexity index is 752. The fourth-order valence-electron chi connectivity index (χ4n) is 3.53. The summed E-state index contributed by atoms with van der Waals surface area (Å²) >= 11 is 0. The van der Waals surface area contributed by atoms with Crippen LogP contribution in [0.2, 0.25) is 0 Å². The molecule has 5 heteroatoms. The minimum absolute atomic E-state index is 0.0972. The summed E-state index contributed by atoms with van der Waals surface area (Å²) < 4.78 is 5.37. The lowest BCUT2D eigenvalue weighted by Gasteiger charge is -2.28. The van der Waals surface area contributed by atoms with Gasteiger partial charge >= 0.3 is 0 Å². The fraction of sp³-hybridized carbons (Fsp3) is 0.400. The van der Waals surface area contributed by atoms with Gasteiger partial charge in [-0.25, -0.2) is 4.98 Å². The molecule has 1 N–H and O–H groups in total. The third kappa shape index (κ3) is 3.66.